The number of carbonyl (C=O) groups is 2. The number of likely N-dealkylation sites (tertiary alicyclic amines) is 1. The van der Waals surface area contributed by atoms with Crippen LogP contribution in [0, 0.1) is 0 Å². The van der Waals surface area contributed by atoms with Gasteiger partial charge in [-0.3, -0.25) is 9.80 Å². The van der Waals surface area contributed by atoms with Gasteiger partial charge in [0.05, 0.1) is 19.2 Å². The topological polar surface area (TPSA) is 92.2 Å². The Kier molecular flexibility index (Phi) is 5.25. The number of carboxylic acids is 1. The molecule has 0 bridgehead atoms. The highest BCUT2D eigenvalue weighted by atomic mass is 16.6. The predicted molar refractivity (Wildman–Crippen MR) is 117 cm³/mol. The van der Waals surface area contributed by atoms with Gasteiger partial charge < -0.3 is 14.6 Å². The number of aromatic nitrogens is 1. The molecule has 8 nitrogen and oxygen atoms in total. The van der Waals surface area contributed by atoms with Crippen molar-refractivity contribution in [2.24, 2.45) is 0 Å². The molecule has 0 unspecified atom stereocenters. The second kappa shape index (κ2) is 8.09. The van der Waals surface area contributed by atoms with Crippen LogP contribution in [0.15, 0.2) is 36.5 Å². The maximum Gasteiger partial charge on any atom is 0.415 e. The zero-order valence-corrected chi connectivity index (χ0v) is 18.1. The van der Waals surface area contributed by atoms with Crippen molar-refractivity contribution < 1.29 is 24.2 Å². The molecule has 3 aliphatic rings. The van der Waals surface area contributed by atoms with Crippen molar-refractivity contribution in [1.29, 1.82) is 0 Å². The summed E-state index contributed by atoms with van der Waals surface area (Å²) in [4.78, 5) is 32.1. The number of piperidine rings is 1. The van der Waals surface area contributed by atoms with E-state index >= 15 is 0 Å². The molecule has 168 valence electrons. The highest BCUT2D eigenvalue weighted by molar-refractivity contribution is 5.92. The fraction of sp³-hybridized carbons (Fsp3) is 0.458. The lowest BCUT2D eigenvalue weighted by molar-refractivity contribution is -0.00113. The van der Waals surface area contributed by atoms with Crippen LogP contribution in [0.1, 0.15) is 53.1 Å². The Balaban J connectivity index is 1.23. The molecular weight excluding hydrogens is 410 g/mol. The summed E-state index contributed by atoms with van der Waals surface area (Å²) in [7, 11) is 1.66. The van der Waals surface area contributed by atoms with Crippen LogP contribution in [0.5, 0.6) is 5.88 Å². The van der Waals surface area contributed by atoms with Crippen LogP contribution < -0.4 is 9.64 Å². The van der Waals surface area contributed by atoms with E-state index in [1.807, 2.05) is 6.20 Å². The number of amides is 1. The van der Waals surface area contributed by atoms with E-state index in [9.17, 15) is 9.59 Å². The van der Waals surface area contributed by atoms with Gasteiger partial charge in [-0.15, -0.1) is 0 Å². The predicted octanol–water partition coefficient (Wildman–Crippen LogP) is 3.66. The van der Waals surface area contributed by atoms with E-state index in [0.717, 1.165) is 38.0 Å². The Hall–Kier alpha value is -3.13. The first-order chi connectivity index (χ1) is 15.5. The fourth-order valence-corrected chi connectivity index (χ4v) is 4.68. The molecule has 1 amide bonds. The summed E-state index contributed by atoms with van der Waals surface area (Å²) in [6.45, 7) is 2.88. The fourth-order valence-electron chi connectivity index (χ4n) is 4.68. The lowest BCUT2D eigenvalue weighted by Crippen LogP contribution is -2.46. The molecule has 3 heterocycles. The van der Waals surface area contributed by atoms with E-state index in [1.54, 1.807) is 24.1 Å². The number of aromatic carboxylic acids is 1. The third kappa shape index (κ3) is 4.02. The number of ether oxygens (including phenoxy) is 2. The number of methoxy groups -OCH3 is 1. The quantitative estimate of drug-likeness (QED) is 0.737. The molecule has 1 aliphatic carbocycles. The minimum atomic E-state index is -0.987. The molecule has 5 rings (SSSR count). The normalized spacial score (nSPS) is 20.4. The van der Waals surface area contributed by atoms with Crippen LogP contribution in [0.3, 0.4) is 0 Å². The molecule has 0 radical (unpaired) electrons. The first-order valence-corrected chi connectivity index (χ1v) is 11.1. The van der Waals surface area contributed by atoms with Crippen LogP contribution in [0.25, 0.3) is 0 Å². The summed E-state index contributed by atoms with van der Waals surface area (Å²) in [5.41, 5.74) is 2.75. The van der Waals surface area contributed by atoms with Crippen LogP contribution in [-0.4, -0.2) is 59.4 Å². The van der Waals surface area contributed by atoms with Crippen molar-refractivity contribution >= 4 is 17.7 Å². The molecule has 1 aromatic heterocycles. The maximum atomic E-state index is 12.6. The van der Waals surface area contributed by atoms with Gasteiger partial charge >= 0.3 is 12.1 Å². The molecule has 2 aromatic rings. The average molecular weight is 437 g/mol. The van der Waals surface area contributed by atoms with Gasteiger partial charge in [0, 0.05) is 49.9 Å². The average Bonchev–Trinajstić information content (AvgIpc) is 3.60. The van der Waals surface area contributed by atoms with Gasteiger partial charge in [-0.2, -0.15) is 0 Å². The molecule has 32 heavy (non-hydrogen) atoms. The van der Waals surface area contributed by atoms with Crippen molar-refractivity contribution in [3.05, 3.63) is 53.2 Å². The van der Waals surface area contributed by atoms with Gasteiger partial charge in [0.2, 0.25) is 5.88 Å². The van der Waals surface area contributed by atoms with Gasteiger partial charge in [-0.1, -0.05) is 0 Å². The summed E-state index contributed by atoms with van der Waals surface area (Å²) in [6, 6.07) is 8.56. The van der Waals surface area contributed by atoms with Gasteiger partial charge in [0.1, 0.15) is 5.60 Å². The van der Waals surface area contributed by atoms with Crippen molar-refractivity contribution in [1.82, 2.24) is 9.88 Å². The lowest BCUT2D eigenvalue weighted by Gasteiger charge is -2.37. The number of anilines is 1. The molecular formula is C24H27N3O5. The van der Waals surface area contributed by atoms with Crippen molar-refractivity contribution in [2.45, 2.75) is 43.7 Å². The van der Waals surface area contributed by atoms with Gasteiger partial charge in [-0.05, 0) is 54.7 Å². The van der Waals surface area contributed by atoms with E-state index in [4.69, 9.17) is 14.6 Å². The summed E-state index contributed by atoms with van der Waals surface area (Å²) in [5.74, 6) is 0.335. The molecule has 2 saturated heterocycles. The standard InChI is InChI=1S/C24H27N3O5/c1-31-21-19(12-18(13-25-21)16-2-3-16)14-26-10-8-24(9-11-26)15-27(23(30)32-24)20-6-4-17(5-7-20)22(28)29/h4-7,12-13,16H,2-3,8-11,14-15H2,1H3,(H,28,29). The zero-order valence-electron chi connectivity index (χ0n) is 18.1. The van der Waals surface area contributed by atoms with E-state index < -0.39 is 11.6 Å². The number of rotatable bonds is 6. The Labute approximate surface area is 186 Å². The minimum absolute atomic E-state index is 0.194. The molecule has 1 saturated carbocycles. The molecule has 8 heteroatoms. The summed E-state index contributed by atoms with van der Waals surface area (Å²) < 4.78 is 11.3. The van der Waals surface area contributed by atoms with Gasteiger partial charge in [0.15, 0.2) is 0 Å². The number of hydrogen-bond acceptors (Lipinski definition) is 6. The Bertz CT molecular complexity index is 1030. The first kappa shape index (κ1) is 20.8. The number of nitrogens with zero attached hydrogens (tertiary/aromatic N) is 3. The molecule has 2 aliphatic heterocycles. The van der Waals surface area contributed by atoms with E-state index in [1.165, 1.54) is 30.5 Å². The van der Waals surface area contributed by atoms with Crippen LogP contribution in [-0.2, 0) is 11.3 Å². The lowest BCUT2D eigenvalue weighted by atomic mass is 9.91. The number of hydrogen-bond donors (Lipinski definition) is 1. The van der Waals surface area contributed by atoms with Crippen LogP contribution >= 0.6 is 0 Å². The highest BCUT2D eigenvalue weighted by Crippen LogP contribution is 2.41. The summed E-state index contributed by atoms with van der Waals surface area (Å²) >= 11 is 0. The number of carboxylic acid groups (broad SMARTS) is 1. The minimum Gasteiger partial charge on any atom is -0.481 e. The SMILES string of the molecule is COc1ncc(C2CC2)cc1CN1CCC2(CC1)CN(c1ccc(C(=O)O)cc1)C(=O)O2. The summed E-state index contributed by atoms with van der Waals surface area (Å²) in [5, 5.41) is 9.08. The molecule has 1 spiro atoms. The first-order valence-electron chi connectivity index (χ1n) is 11.1. The Morgan fingerprint density at radius 3 is 2.59 bits per heavy atom. The second-order valence-corrected chi connectivity index (χ2v) is 8.98. The Morgan fingerprint density at radius 2 is 1.97 bits per heavy atom. The van der Waals surface area contributed by atoms with E-state index in [-0.39, 0.29) is 11.7 Å². The van der Waals surface area contributed by atoms with Crippen molar-refractivity contribution in [2.75, 3.05) is 31.6 Å². The van der Waals surface area contributed by atoms with Gasteiger partial charge in [-0.25, -0.2) is 14.6 Å². The van der Waals surface area contributed by atoms with Crippen molar-refractivity contribution in [3.8, 4) is 5.88 Å². The van der Waals surface area contributed by atoms with Crippen LogP contribution in [0.4, 0.5) is 10.5 Å². The zero-order chi connectivity index (χ0) is 22.3. The number of benzene rings is 1. The monoisotopic (exact) mass is 437 g/mol. The van der Waals surface area contributed by atoms with E-state index in [2.05, 4.69) is 16.0 Å². The Morgan fingerprint density at radius 1 is 1.25 bits per heavy atom. The highest BCUT2D eigenvalue weighted by Gasteiger charge is 2.47. The molecule has 1 N–H and O–H groups in total. The van der Waals surface area contributed by atoms with Crippen LogP contribution in [0.2, 0.25) is 0 Å². The van der Waals surface area contributed by atoms with Gasteiger partial charge in [0.25, 0.3) is 0 Å². The third-order valence-electron chi connectivity index (χ3n) is 6.75. The molecule has 3 fully saturated rings. The van der Waals surface area contributed by atoms with E-state index in [0.29, 0.717) is 24.0 Å². The number of carbonyl (C=O) groups excluding carboxylic acids is 1. The largest absolute Gasteiger partial charge is 0.481 e. The smallest absolute Gasteiger partial charge is 0.415 e. The second-order valence-electron chi connectivity index (χ2n) is 8.98. The summed E-state index contributed by atoms with van der Waals surface area (Å²) in [6.07, 6.45) is 5.53. The molecule has 0 atom stereocenters. The van der Waals surface area contributed by atoms with Crippen molar-refractivity contribution in [3.63, 3.8) is 0 Å². The number of pyridine rings is 1. The third-order valence-corrected chi connectivity index (χ3v) is 6.75. The molecule has 1 aromatic carbocycles. The maximum absolute atomic E-state index is 12.6.